The Morgan fingerprint density at radius 3 is 2.61 bits per heavy atom. The van der Waals surface area contributed by atoms with E-state index in [4.69, 9.17) is 0 Å². The molecule has 0 aliphatic carbocycles. The molecule has 18 heavy (non-hydrogen) atoms. The second-order valence-electron chi connectivity index (χ2n) is 4.16. The molecule has 1 aromatic carbocycles. The molecular weight excluding hydrogens is 232 g/mol. The van der Waals surface area contributed by atoms with Gasteiger partial charge in [-0.25, -0.2) is 9.48 Å². The van der Waals surface area contributed by atoms with Crippen LogP contribution in [0.3, 0.4) is 0 Å². The maximum absolute atomic E-state index is 11.8. The van der Waals surface area contributed by atoms with E-state index in [9.17, 15) is 9.59 Å². The van der Waals surface area contributed by atoms with Gasteiger partial charge in [0.25, 0.3) is 5.91 Å². The summed E-state index contributed by atoms with van der Waals surface area (Å²) in [5.41, 5.74) is 2.50. The van der Waals surface area contributed by atoms with Crippen molar-refractivity contribution in [2.24, 2.45) is 7.05 Å². The normalized spacial score (nSPS) is 10.4. The van der Waals surface area contributed by atoms with Crippen LogP contribution in [-0.4, -0.2) is 20.7 Å². The maximum atomic E-state index is 11.8. The molecule has 0 saturated heterocycles. The van der Waals surface area contributed by atoms with Gasteiger partial charge in [-0.15, -0.1) is 5.10 Å². The fourth-order valence-electron chi connectivity index (χ4n) is 1.51. The molecule has 0 atom stereocenters. The summed E-state index contributed by atoms with van der Waals surface area (Å²) in [6, 6.07) is 5.60. The van der Waals surface area contributed by atoms with E-state index in [1.54, 1.807) is 6.07 Å². The van der Waals surface area contributed by atoms with Crippen molar-refractivity contribution in [2.75, 3.05) is 5.32 Å². The van der Waals surface area contributed by atoms with Gasteiger partial charge in [-0.05, 0) is 37.1 Å². The van der Waals surface area contributed by atoms with Crippen LogP contribution in [-0.2, 0) is 7.05 Å². The number of hydrogen-bond donors (Lipinski definition) is 2. The Morgan fingerprint density at radius 2 is 2.06 bits per heavy atom. The van der Waals surface area contributed by atoms with Crippen LogP contribution in [0, 0.1) is 13.8 Å². The van der Waals surface area contributed by atoms with Crippen molar-refractivity contribution in [3.8, 4) is 0 Å². The fraction of sp³-hybridized carbons (Fsp3) is 0.250. The van der Waals surface area contributed by atoms with Gasteiger partial charge in [0.05, 0.1) is 0 Å². The average Bonchev–Trinajstić information content (AvgIpc) is 2.65. The zero-order valence-electron chi connectivity index (χ0n) is 10.4. The van der Waals surface area contributed by atoms with Crippen LogP contribution >= 0.6 is 0 Å². The first-order valence-electron chi connectivity index (χ1n) is 5.49. The lowest BCUT2D eigenvalue weighted by Crippen LogP contribution is -2.15. The number of rotatable bonds is 2. The summed E-state index contributed by atoms with van der Waals surface area (Å²) in [5.74, 6) is -0.434. The standard InChI is InChI=1S/C12H14N4O2/c1-7-4-5-9(6-8(7)2)13-11(17)10-14-12(18)16(3)15-10/h4-6H,1-3H3,(H,13,17)(H,14,15,18). The Kier molecular flexibility index (Phi) is 3.01. The van der Waals surface area contributed by atoms with Crippen LogP contribution in [0.5, 0.6) is 0 Å². The van der Waals surface area contributed by atoms with Gasteiger partial charge in [-0.2, -0.15) is 0 Å². The van der Waals surface area contributed by atoms with E-state index in [1.807, 2.05) is 26.0 Å². The van der Waals surface area contributed by atoms with Crippen molar-refractivity contribution in [1.29, 1.82) is 0 Å². The number of nitrogens with one attached hydrogen (secondary N) is 2. The summed E-state index contributed by atoms with van der Waals surface area (Å²) >= 11 is 0. The van der Waals surface area contributed by atoms with E-state index in [0.29, 0.717) is 5.69 Å². The molecule has 94 valence electrons. The summed E-state index contributed by atoms with van der Waals surface area (Å²) in [6.07, 6.45) is 0. The summed E-state index contributed by atoms with van der Waals surface area (Å²) in [7, 11) is 1.48. The number of hydrogen-bond acceptors (Lipinski definition) is 3. The van der Waals surface area contributed by atoms with Crippen LogP contribution in [0.4, 0.5) is 5.69 Å². The van der Waals surface area contributed by atoms with Gasteiger partial charge in [0.2, 0.25) is 5.82 Å². The van der Waals surface area contributed by atoms with Gasteiger partial charge in [0.15, 0.2) is 0 Å². The molecule has 0 spiro atoms. The summed E-state index contributed by atoms with van der Waals surface area (Å²) in [4.78, 5) is 25.4. The lowest BCUT2D eigenvalue weighted by Gasteiger charge is -2.05. The van der Waals surface area contributed by atoms with Crippen LogP contribution in [0.15, 0.2) is 23.0 Å². The first-order valence-corrected chi connectivity index (χ1v) is 5.49. The lowest BCUT2D eigenvalue weighted by atomic mass is 10.1. The summed E-state index contributed by atoms with van der Waals surface area (Å²) in [5, 5.41) is 6.46. The van der Waals surface area contributed by atoms with Gasteiger partial charge >= 0.3 is 5.69 Å². The van der Waals surface area contributed by atoms with E-state index < -0.39 is 11.6 Å². The first kappa shape index (κ1) is 12.1. The zero-order valence-corrected chi connectivity index (χ0v) is 10.4. The minimum absolute atomic E-state index is 0.000674. The minimum Gasteiger partial charge on any atom is -0.319 e. The largest absolute Gasteiger partial charge is 0.343 e. The summed E-state index contributed by atoms with van der Waals surface area (Å²) < 4.78 is 1.08. The number of anilines is 1. The van der Waals surface area contributed by atoms with Crippen LogP contribution < -0.4 is 11.0 Å². The maximum Gasteiger partial charge on any atom is 0.343 e. The van der Waals surface area contributed by atoms with E-state index in [1.165, 1.54) is 7.05 Å². The SMILES string of the molecule is Cc1ccc(NC(=O)c2nn(C)c(=O)[nH]2)cc1C. The highest BCUT2D eigenvalue weighted by atomic mass is 16.2. The third-order valence-corrected chi connectivity index (χ3v) is 2.75. The predicted molar refractivity (Wildman–Crippen MR) is 67.7 cm³/mol. The van der Waals surface area contributed by atoms with Gasteiger partial charge in [0.1, 0.15) is 0 Å². The van der Waals surface area contributed by atoms with Crippen molar-refractivity contribution >= 4 is 11.6 Å². The number of benzene rings is 1. The predicted octanol–water partition coefficient (Wildman–Crippen LogP) is 0.978. The molecule has 2 rings (SSSR count). The van der Waals surface area contributed by atoms with Gasteiger partial charge in [0, 0.05) is 12.7 Å². The topological polar surface area (TPSA) is 79.8 Å². The first-order chi connectivity index (χ1) is 8.47. The highest BCUT2D eigenvalue weighted by Crippen LogP contribution is 2.14. The number of aromatic amines is 1. The Morgan fingerprint density at radius 1 is 1.33 bits per heavy atom. The van der Waals surface area contributed by atoms with E-state index in [0.717, 1.165) is 15.8 Å². The molecule has 2 aromatic rings. The second kappa shape index (κ2) is 4.48. The smallest absolute Gasteiger partial charge is 0.319 e. The molecule has 6 nitrogen and oxygen atoms in total. The van der Waals surface area contributed by atoms with Crippen molar-refractivity contribution in [3.05, 3.63) is 45.6 Å². The number of carbonyl (C=O) groups excluding carboxylic acids is 1. The van der Waals surface area contributed by atoms with E-state index >= 15 is 0 Å². The number of aromatic nitrogens is 3. The van der Waals surface area contributed by atoms with Crippen molar-refractivity contribution < 1.29 is 4.79 Å². The number of carbonyl (C=O) groups is 1. The molecule has 0 aliphatic heterocycles. The second-order valence-corrected chi connectivity index (χ2v) is 4.16. The fourth-order valence-corrected chi connectivity index (χ4v) is 1.51. The quantitative estimate of drug-likeness (QED) is 0.828. The van der Waals surface area contributed by atoms with Gasteiger partial charge in [-0.1, -0.05) is 6.07 Å². The zero-order chi connectivity index (χ0) is 13.3. The van der Waals surface area contributed by atoms with E-state index in [2.05, 4.69) is 15.4 Å². The molecule has 6 heteroatoms. The molecule has 1 heterocycles. The Balaban J connectivity index is 2.21. The molecule has 2 N–H and O–H groups in total. The molecule has 1 amide bonds. The van der Waals surface area contributed by atoms with Gasteiger partial charge in [-0.3, -0.25) is 9.78 Å². The Hall–Kier alpha value is -2.37. The molecule has 0 radical (unpaired) electrons. The molecule has 0 aliphatic rings. The lowest BCUT2D eigenvalue weighted by molar-refractivity contribution is 0.101. The molecule has 0 fully saturated rings. The van der Waals surface area contributed by atoms with E-state index in [-0.39, 0.29) is 5.82 Å². The Bertz CT molecular complexity index is 654. The minimum atomic E-state index is -0.434. The average molecular weight is 246 g/mol. The third-order valence-electron chi connectivity index (χ3n) is 2.75. The molecule has 0 bridgehead atoms. The van der Waals surface area contributed by atoms with Crippen molar-refractivity contribution in [2.45, 2.75) is 13.8 Å². The molecular formula is C12H14N4O2. The third kappa shape index (κ3) is 2.32. The Labute approximate surface area is 104 Å². The van der Waals surface area contributed by atoms with Crippen molar-refractivity contribution in [1.82, 2.24) is 14.8 Å². The van der Waals surface area contributed by atoms with Crippen LogP contribution in [0.25, 0.3) is 0 Å². The monoisotopic (exact) mass is 246 g/mol. The number of H-pyrrole nitrogens is 1. The molecule has 1 aromatic heterocycles. The molecule has 0 saturated carbocycles. The highest BCUT2D eigenvalue weighted by Gasteiger charge is 2.12. The summed E-state index contributed by atoms with van der Waals surface area (Å²) in [6.45, 7) is 3.96. The van der Waals surface area contributed by atoms with Crippen molar-refractivity contribution in [3.63, 3.8) is 0 Å². The highest BCUT2D eigenvalue weighted by molar-refractivity contribution is 6.01. The molecule has 0 unspecified atom stereocenters. The number of aryl methyl sites for hydroxylation is 3. The van der Waals surface area contributed by atoms with Gasteiger partial charge < -0.3 is 5.32 Å². The number of amides is 1. The number of nitrogens with zero attached hydrogens (tertiary/aromatic N) is 2. The van der Waals surface area contributed by atoms with Crippen LogP contribution in [0.1, 0.15) is 21.7 Å². The van der Waals surface area contributed by atoms with Crippen LogP contribution in [0.2, 0.25) is 0 Å².